The fourth-order valence-corrected chi connectivity index (χ4v) is 5.84. The number of benzene rings is 1. The van der Waals surface area contributed by atoms with Crippen LogP contribution in [-0.4, -0.2) is 5.78 Å². The minimum Gasteiger partial charge on any atom is -0.299 e. The van der Waals surface area contributed by atoms with Gasteiger partial charge in [-0.1, -0.05) is 18.2 Å². The van der Waals surface area contributed by atoms with Gasteiger partial charge in [0.2, 0.25) is 0 Å². The van der Waals surface area contributed by atoms with Crippen LogP contribution in [0.2, 0.25) is 0 Å². The zero-order valence-electron chi connectivity index (χ0n) is 12.5. The highest BCUT2D eigenvalue weighted by molar-refractivity contribution is 5.81. The van der Waals surface area contributed by atoms with Gasteiger partial charge in [0.25, 0.3) is 0 Å². The molecule has 0 atom stereocenters. The second kappa shape index (κ2) is 4.93. The lowest BCUT2D eigenvalue weighted by Gasteiger charge is -2.56. The molecule has 1 aromatic carbocycles. The van der Waals surface area contributed by atoms with E-state index in [-0.39, 0.29) is 23.4 Å². The first-order valence-electron chi connectivity index (χ1n) is 8.37. The molecule has 4 saturated carbocycles. The Morgan fingerprint density at radius 1 is 1.05 bits per heavy atom. The second-order valence-corrected chi connectivity index (χ2v) is 7.90. The van der Waals surface area contributed by atoms with Crippen molar-refractivity contribution in [1.29, 1.82) is 0 Å². The minimum absolute atomic E-state index is 0.238. The fourth-order valence-electron chi connectivity index (χ4n) is 5.84. The van der Waals surface area contributed by atoms with Gasteiger partial charge in [-0.05, 0) is 73.3 Å². The molecule has 5 rings (SSSR count). The number of rotatable bonds is 4. The highest BCUT2D eigenvalue weighted by Crippen LogP contribution is 2.61. The molecule has 1 aromatic rings. The van der Waals surface area contributed by atoms with E-state index < -0.39 is 0 Å². The summed E-state index contributed by atoms with van der Waals surface area (Å²) in [4.78, 5) is 12.5. The van der Waals surface area contributed by atoms with Crippen LogP contribution in [0.25, 0.3) is 0 Å². The lowest BCUT2D eigenvalue weighted by atomic mass is 9.48. The van der Waals surface area contributed by atoms with Crippen LogP contribution in [0.5, 0.6) is 0 Å². The predicted octanol–water partition coefficient (Wildman–Crippen LogP) is 4.54. The minimum atomic E-state index is -0.239. The highest BCUT2D eigenvalue weighted by atomic mass is 19.1. The van der Waals surface area contributed by atoms with Crippen LogP contribution in [-0.2, 0) is 11.2 Å². The van der Waals surface area contributed by atoms with Crippen LogP contribution < -0.4 is 0 Å². The average Bonchev–Trinajstić information content (AvgIpc) is 2.39. The van der Waals surface area contributed by atoms with Crippen molar-refractivity contribution in [2.24, 2.45) is 23.2 Å². The third-order valence-corrected chi connectivity index (χ3v) is 6.08. The van der Waals surface area contributed by atoms with Crippen molar-refractivity contribution < 1.29 is 9.18 Å². The number of carbonyl (C=O) groups is 1. The summed E-state index contributed by atoms with van der Waals surface area (Å²) in [5, 5.41) is 0. The largest absolute Gasteiger partial charge is 0.299 e. The van der Waals surface area contributed by atoms with Crippen LogP contribution in [0.3, 0.4) is 0 Å². The second-order valence-electron chi connectivity index (χ2n) is 7.90. The summed E-state index contributed by atoms with van der Waals surface area (Å²) in [5.41, 5.74) is 0.837. The first-order chi connectivity index (χ1) is 10.1. The molecular formula is C19H23FO. The molecule has 0 heterocycles. The monoisotopic (exact) mass is 286 g/mol. The lowest BCUT2D eigenvalue weighted by Crippen LogP contribution is -2.47. The van der Waals surface area contributed by atoms with Crippen LogP contribution >= 0.6 is 0 Å². The molecule has 2 heteroatoms. The zero-order chi connectivity index (χ0) is 14.4. The molecule has 0 aromatic heterocycles. The number of hydrogen-bond donors (Lipinski definition) is 0. The summed E-state index contributed by atoms with van der Waals surface area (Å²) in [6.45, 7) is 0. The molecule has 0 radical (unpaired) electrons. The fraction of sp³-hybridized carbons (Fsp3) is 0.632. The normalized spacial score (nSPS) is 36.9. The van der Waals surface area contributed by atoms with Crippen molar-refractivity contribution in [3.8, 4) is 0 Å². The zero-order valence-corrected chi connectivity index (χ0v) is 12.5. The van der Waals surface area contributed by atoms with Crippen molar-refractivity contribution in [2.75, 3.05) is 0 Å². The van der Waals surface area contributed by atoms with E-state index in [0.29, 0.717) is 12.0 Å². The third-order valence-electron chi connectivity index (χ3n) is 6.08. The molecule has 0 spiro atoms. The van der Waals surface area contributed by atoms with Crippen LogP contribution in [0.1, 0.15) is 50.5 Å². The van der Waals surface area contributed by atoms with Crippen molar-refractivity contribution in [2.45, 2.75) is 51.4 Å². The van der Waals surface area contributed by atoms with Gasteiger partial charge < -0.3 is 0 Å². The van der Waals surface area contributed by atoms with Gasteiger partial charge in [0.05, 0.1) is 0 Å². The maximum atomic E-state index is 13.7. The molecule has 4 aliphatic carbocycles. The van der Waals surface area contributed by atoms with Gasteiger partial charge in [-0.2, -0.15) is 0 Å². The topological polar surface area (TPSA) is 17.1 Å². The van der Waals surface area contributed by atoms with E-state index in [9.17, 15) is 9.18 Å². The summed E-state index contributed by atoms with van der Waals surface area (Å²) in [5.74, 6) is 2.62. The average molecular weight is 286 g/mol. The van der Waals surface area contributed by atoms with Crippen LogP contribution in [0.4, 0.5) is 4.39 Å². The number of Topliss-reactive ketones (excluding diaryl/α,β-unsaturated/α-hetero) is 1. The summed E-state index contributed by atoms with van der Waals surface area (Å²) >= 11 is 0. The van der Waals surface area contributed by atoms with Crippen LogP contribution in [0.15, 0.2) is 24.3 Å². The lowest BCUT2D eigenvalue weighted by molar-refractivity contribution is -0.126. The van der Waals surface area contributed by atoms with Gasteiger partial charge in [-0.3, -0.25) is 4.79 Å². The third kappa shape index (κ3) is 2.54. The van der Waals surface area contributed by atoms with Crippen LogP contribution in [0, 0.1) is 29.0 Å². The van der Waals surface area contributed by atoms with Gasteiger partial charge in [-0.15, -0.1) is 0 Å². The molecular weight excluding hydrogens is 263 g/mol. The molecule has 0 amide bonds. The summed E-state index contributed by atoms with van der Waals surface area (Å²) < 4.78 is 13.7. The van der Waals surface area contributed by atoms with Crippen molar-refractivity contribution >= 4 is 5.78 Å². The highest BCUT2D eigenvalue weighted by Gasteiger charge is 2.51. The van der Waals surface area contributed by atoms with Gasteiger partial charge >= 0.3 is 0 Å². The Labute approximate surface area is 125 Å². The Bertz CT molecular complexity index is 527. The standard InChI is InChI=1S/C19H23FO/c20-18-4-2-1-3-16(18)8-17(21)12-19-9-13-5-14(10-19)7-15(6-13)11-19/h1-4,13-15H,5-12H2. The molecule has 4 bridgehead atoms. The summed E-state index contributed by atoms with van der Waals surface area (Å²) in [6, 6.07) is 6.69. The first-order valence-corrected chi connectivity index (χ1v) is 8.37. The maximum Gasteiger partial charge on any atom is 0.137 e. The van der Waals surface area contributed by atoms with Gasteiger partial charge in [-0.25, -0.2) is 4.39 Å². The summed E-state index contributed by atoms with van der Waals surface area (Å²) in [7, 11) is 0. The maximum absolute atomic E-state index is 13.7. The smallest absolute Gasteiger partial charge is 0.137 e. The van der Waals surface area contributed by atoms with E-state index in [2.05, 4.69) is 0 Å². The number of carbonyl (C=O) groups excluding carboxylic acids is 1. The van der Waals surface area contributed by atoms with E-state index in [0.717, 1.165) is 17.8 Å². The Balaban J connectivity index is 1.46. The Morgan fingerprint density at radius 2 is 1.62 bits per heavy atom. The quantitative estimate of drug-likeness (QED) is 0.794. The van der Waals surface area contributed by atoms with E-state index in [1.54, 1.807) is 12.1 Å². The molecule has 0 aliphatic heterocycles. The number of ketones is 1. The van der Waals surface area contributed by atoms with E-state index in [1.807, 2.05) is 6.07 Å². The Hall–Kier alpha value is -1.18. The van der Waals surface area contributed by atoms with E-state index in [1.165, 1.54) is 44.6 Å². The van der Waals surface area contributed by atoms with E-state index >= 15 is 0 Å². The Kier molecular flexibility index (Phi) is 3.16. The van der Waals surface area contributed by atoms with Crippen molar-refractivity contribution in [3.63, 3.8) is 0 Å². The molecule has 0 unspecified atom stereocenters. The molecule has 0 N–H and O–H groups in total. The molecule has 4 aliphatic rings. The summed E-state index contributed by atoms with van der Waals surface area (Å²) in [6.07, 6.45) is 8.92. The first kappa shape index (κ1) is 13.5. The molecule has 4 fully saturated rings. The van der Waals surface area contributed by atoms with Gasteiger partial charge in [0.15, 0.2) is 0 Å². The number of halogens is 1. The van der Waals surface area contributed by atoms with Gasteiger partial charge in [0, 0.05) is 12.8 Å². The molecule has 21 heavy (non-hydrogen) atoms. The number of hydrogen-bond acceptors (Lipinski definition) is 1. The molecule has 0 saturated heterocycles. The molecule has 1 nitrogen and oxygen atoms in total. The van der Waals surface area contributed by atoms with Crippen molar-refractivity contribution in [3.05, 3.63) is 35.6 Å². The predicted molar refractivity (Wildman–Crippen MR) is 80.3 cm³/mol. The Morgan fingerprint density at radius 3 is 2.19 bits per heavy atom. The van der Waals surface area contributed by atoms with Crippen molar-refractivity contribution in [1.82, 2.24) is 0 Å². The van der Waals surface area contributed by atoms with Gasteiger partial charge in [0.1, 0.15) is 11.6 Å². The SMILES string of the molecule is O=C(Cc1ccccc1F)CC12CC3CC(CC(C3)C1)C2. The van der Waals surface area contributed by atoms with E-state index in [4.69, 9.17) is 0 Å². The molecule has 112 valence electrons.